The molecule has 3 rings (SSSR count). The summed E-state index contributed by atoms with van der Waals surface area (Å²) in [5, 5.41) is 4.03. The van der Waals surface area contributed by atoms with E-state index in [-0.39, 0.29) is 12.1 Å². The standard InChI is InChI=1S/C16H21N3O2/c17-14(10-12-6-2-1-3-7-12)16-18-15(19-21-16)11-13-8-4-5-9-20-13/h1-3,6-7,13-14H,4-5,8-11,17H2/t13?,14-/m1/s1. The zero-order valence-electron chi connectivity index (χ0n) is 12.1. The molecule has 0 radical (unpaired) electrons. The van der Waals surface area contributed by atoms with Crippen LogP contribution in [0.15, 0.2) is 34.9 Å². The molecule has 1 aromatic carbocycles. The van der Waals surface area contributed by atoms with Gasteiger partial charge in [-0.2, -0.15) is 4.98 Å². The van der Waals surface area contributed by atoms with Crippen LogP contribution in [0.3, 0.4) is 0 Å². The van der Waals surface area contributed by atoms with Gasteiger partial charge < -0.3 is 15.0 Å². The highest BCUT2D eigenvalue weighted by Crippen LogP contribution is 2.18. The van der Waals surface area contributed by atoms with Gasteiger partial charge in [-0.15, -0.1) is 0 Å². The molecule has 5 nitrogen and oxygen atoms in total. The van der Waals surface area contributed by atoms with Crippen LogP contribution in [-0.4, -0.2) is 22.9 Å². The van der Waals surface area contributed by atoms with Gasteiger partial charge >= 0.3 is 0 Å². The van der Waals surface area contributed by atoms with E-state index < -0.39 is 0 Å². The van der Waals surface area contributed by atoms with Crippen molar-refractivity contribution in [2.75, 3.05) is 6.61 Å². The smallest absolute Gasteiger partial charge is 0.243 e. The summed E-state index contributed by atoms with van der Waals surface area (Å²) in [5.74, 6) is 1.20. The number of hydrogen-bond donors (Lipinski definition) is 1. The van der Waals surface area contributed by atoms with E-state index in [1.54, 1.807) is 0 Å². The Kier molecular flexibility index (Phi) is 4.62. The third kappa shape index (κ3) is 3.89. The molecule has 1 aromatic heterocycles. The fourth-order valence-electron chi connectivity index (χ4n) is 2.63. The molecule has 2 aromatic rings. The lowest BCUT2D eigenvalue weighted by atomic mass is 10.1. The maximum atomic E-state index is 6.15. The van der Waals surface area contributed by atoms with Gasteiger partial charge in [0.15, 0.2) is 5.82 Å². The Morgan fingerprint density at radius 2 is 2.10 bits per heavy atom. The molecule has 0 saturated carbocycles. The average molecular weight is 287 g/mol. The van der Waals surface area contributed by atoms with E-state index >= 15 is 0 Å². The third-order valence-corrected chi connectivity index (χ3v) is 3.78. The molecule has 1 aliphatic rings. The summed E-state index contributed by atoms with van der Waals surface area (Å²) >= 11 is 0. The number of nitrogens with two attached hydrogens (primary N) is 1. The van der Waals surface area contributed by atoms with E-state index in [1.165, 1.54) is 12.0 Å². The molecule has 1 unspecified atom stereocenters. The highest BCUT2D eigenvalue weighted by Gasteiger charge is 2.20. The molecule has 0 bridgehead atoms. The largest absolute Gasteiger partial charge is 0.378 e. The molecule has 5 heteroatoms. The van der Waals surface area contributed by atoms with Gasteiger partial charge in [-0.3, -0.25) is 0 Å². The molecule has 2 atom stereocenters. The van der Waals surface area contributed by atoms with Crippen LogP contribution < -0.4 is 5.73 Å². The number of aromatic nitrogens is 2. The number of hydrogen-bond acceptors (Lipinski definition) is 5. The predicted molar refractivity (Wildman–Crippen MR) is 78.7 cm³/mol. The molecular weight excluding hydrogens is 266 g/mol. The van der Waals surface area contributed by atoms with E-state index in [4.69, 9.17) is 15.0 Å². The van der Waals surface area contributed by atoms with Crippen molar-refractivity contribution in [1.29, 1.82) is 0 Å². The molecule has 2 heterocycles. The second-order valence-electron chi connectivity index (χ2n) is 5.54. The molecule has 0 amide bonds. The maximum Gasteiger partial charge on any atom is 0.243 e. The van der Waals surface area contributed by atoms with Gasteiger partial charge in [0.05, 0.1) is 12.1 Å². The monoisotopic (exact) mass is 287 g/mol. The lowest BCUT2D eigenvalue weighted by Crippen LogP contribution is -2.22. The van der Waals surface area contributed by atoms with E-state index in [9.17, 15) is 0 Å². The summed E-state index contributed by atoms with van der Waals surface area (Å²) in [6, 6.07) is 9.83. The summed E-state index contributed by atoms with van der Waals surface area (Å²) in [7, 11) is 0. The van der Waals surface area contributed by atoms with Gasteiger partial charge in [-0.05, 0) is 31.2 Å². The Hall–Kier alpha value is -1.72. The summed E-state index contributed by atoms with van der Waals surface area (Å²) < 4.78 is 11.0. The van der Waals surface area contributed by atoms with Crippen LogP contribution in [-0.2, 0) is 17.6 Å². The molecule has 112 valence electrons. The van der Waals surface area contributed by atoms with Crippen molar-refractivity contribution < 1.29 is 9.26 Å². The van der Waals surface area contributed by atoms with E-state index in [1.807, 2.05) is 30.3 Å². The van der Waals surface area contributed by atoms with Crippen LogP contribution in [0.25, 0.3) is 0 Å². The van der Waals surface area contributed by atoms with E-state index in [0.29, 0.717) is 24.6 Å². The van der Waals surface area contributed by atoms with Crippen molar-refractivity contribution in [2.24, 2.45) is 5.73 Å². The van der Waals surface area contributed by atoms with E-state index in [0.717, 1.165) is 19.4 Å². The summed E-state index contributed by atoms with van der Waals surface area (Å²) in [4.78, 5) is 4.42. The van der Waals surface area contributed by atoms with Crippen molar-refractivity contribution in [3.63, 3.8) is 0 Å². The summed E-state index contributed by atoms with van der Waals surface area (Å²) in [5.41, 5.74) is 7.31. The SMILES string of the molecule is N[C@H](Cc1ccccc1)c1nc(CC2CCCCO2)no1. The molecule has 0 aliphatic carbocycles. The highest BCUT2D eigenvalue weighted by atomic mass is 16.5. The van der Waals surface area contributed by atoms with Gasteiger partial charge in [0.1, 0.15) is 0 Å². The topological polar surface area (TPSA) is 74.2 Å². The number of benzene rings is 1. The first-order valence-electron chi connectivity index (χ1n) is 7.55. The average Bonchev–Trinajstić information content (AvgIpc) is 2.98. The van der Waals surface area contributed by atoms with Crippen molar-refractivity contribution in [1.82, 2.24) is 10.1 Å². The number of nitrogens with zero attached hydrogens (tertiary/aromatic N) is 2. The molecule has 1 saturated heterocycles. The zero-order valence-corrected chi connectivity index (χ0v) is 12.1. The van der Waals surface area contributed by atoms with Crippen molar-refractivity contribution in [3.05, 3.63) is 47.6 Å². The fraction of sp³-hybridized carbons (Fsp3) is 0.500. The Morgan fingerprint density at radius 3 is 2.86 bits per heavy atom. The minimum Gasteiger partial charge on any atom is -0.378 e. The molecule has 21 heavy (non-hydrogen) atoms. The Labute approximate surface area is 124 Å². The lowest BCUT2D eigenvalue weighted by Gasteiger charge is -2.20. The quantitative estimate of drug-likeness (QED) is 0.914. The van der Waals surface area contributed by atoms with Crippen LogP contribution in [0.5, 0.6) is 0 Å². The van der Waals surface area contributed by atoms with Crippen LogP contribution in [0.1, 0.15) is 42.6 Å². The van der Waals surface area contributed by atoms with Gasteiger partial charge in [0, 0.05) is 13.0 Å². The minimum atomic E-state index is -0.263. The van der Waals surface area contributed by atoms with Crippen LogP contribution >= 0.6 is 0 Å². The second kappa shape index (κ2) is 6.83. The van der Waals surface area contributed by atoms with Crippen LogP contribution in [0.2, 0.25) is 0 Å². The van der Waals surface area contributed by atoms with Crippen LogP contribution in [0, 0.1) is 0 Å². The Balaban J connectivity index is 1.58. The van der Waals surface area contributed by atoms with Crippen molar-refractivity contribution in [3.8, 4) is 0 Å². The fourth-order valence-corrected chi connectivity index (χ4v) is 2.63. The molecular formula is C16H21N3O2. The third-order valence-electron chi connectivity index (χ3n) is 3.78. The molecule has 0 spiro atoms. The molecule has 1 fully saturated rings. The number of ether oxygens (including phenoxy) is 1. The lowest BCUT2D eigenvalue weighted by molar-refractivity contribution is 0.0153. The van der Waals surface area contributed by atoms with Gasteiger partial charge in [-0.1, -0.05) is 35.5 Å². The Bertz CT molecular complexity index is 550. The first-order chi connectivity index (χ1) is 10.3. The summed E-state index contributed by atoms with van der Waals surface area (Å²) in [6.45, 7) is 0.836. The van der Waals surface area contributed by atoms with Crippen molar-refractivity contribution >= 4 is 0 Å². The predicted octanol–water partition coefficient (Wildman–Crippen LogP) is 2.42. The van der Waals surface area contributed by atoms with Gasteiger partial charge in [0.2, 0.25) is 5.89 Å². The van der Waals surface area contributed by atoms with Crippen molar-refractivity contribution in [2.45, 2.75) is 44.2 Å². The molecule has 1 aliphatic heterocycles. The van der Waals surface area contributed by atoms with E-state index in [2.05, 4.69) is 10.1 Å². The summed E-state index contributed by atoms with van der Waals surface area (Å²) in [6.07, 6.45) is 5.05. The highest BCUT2D eigenvalue weighted by molar-refractivity contribution is 5.16. The van der Waals surface area contributed by atoms with Crippen LogP contribution in [0.4, 0.5) is 0 Å². The zero-order chi connectivity index (χ0) is 14.5. The Morgan fingerprint density at radius 1 is 1.24 bits per heavy atom. The van der Waals surface area contributed by atoms with Gasteiger partial charge in [-0.25, -0.2) is 0 Å². The molecule has 2 N–H and O–H groups in total. The van der Waals surface area contributed by atoms with Gasteiger partial charge in [0.25, 0.3) is 0 Å². The number of rotatable bonds is 5. The normalized spacial score (nSPS) is 20.3. The first-order valence-corrected chi connectivity index (χ1v) is 7.55. The first kappa shape index (κ1) is 14.2. The maximum absolute atomic E-state index is 6.15. The second-order valence-corrected chi connectivity index (χ2v) is 5.54. The minimum absolute atomic E-state index is 0.217.